The van der Waals surface area contributed by atoms with Crippen LogP contribution in [0, 0.1) is 18.6 Å². The molecule has 0 saturated heterocycles. The number of benzene rings is 2. The monoisotopic (exact) mass is 262 g/mol. The van der Waals surface area contributed by atoms with Gasteiger partial charge in [-0.2, -0.15) is 0 Å². The van der Waals surface area contributed by atoms with Gasteiger partial charge in [0.25, 0.3) is 0 Å². The average Bonchev–Trinajstić information content (AvgIpc) is 2.38. The zero-order valence-corrected chi connectivity index (χ0v) is 10.5. The second-order valence-corrected chi connectivity index (χ2v) is 4.16. The Balaban J connectivity index is 2.47. The number of aryl methyl sites for hydroxylation is 1. The maximum atomic E-state index is 13.8. The molecule has 0 N–H and O–H groups in total. The van der Waals surface area contributed by atoms with Gasteiger partial charge in [0, 0.05) is 17.7 Å². The molecule has 0 unspecified atom stereocenters. The van der Waals surface area contributed by atoms with Gasteiger partial charge in [0.2, 0.25) is 0 Å². The molecule has 0 spiro atoms. The largest absolute Gasteiger partial charge is 0.497 e. The molecule has 0 saturated carbocycles. The first-order chi connectivity index (χ1) is 9.02. The molecule has 0 fully saturated rings. The van der Waals surface area contributed by atoms with Gasteiger partial charge in [0.15, 0.2) is 5.78 Å². The molecule has 98 valence electrons. The van der Waals surface area contributed by atoms with Gasteiger partial charge in [-0.25, -0.2) is 8.78 Å². The number of ether oxygens (including phenoxy) is 1. The van der Waals surface area contributed by atoms with Crippen LogP contribution in [-0.2, 0) is 0 Å². The Morgan fingerprint density at radius 3 is 2.05 bits per heavy atom. The second kappa shape index (κ2) is 5.18. The number of hydrogen-bond acceptors (Lipinski definition) is 2. The summed E-state index contributed by atoms with van der Waals surface area (Å²) in [5.74, 6) is -2.50. The normalized spacial score (nSPS) is 10.3. The van der Waals surface area contributed by atoms with Crippen LogP contribution in [-0.4, -0.2) is 12.9 Å². The Labute approximate surface area is 109 Å². The third kappa shape index (κ3) is 2.62. The molecular formula is C15H12F2O2. The summed E-state index contributed by atoms with van der Waals surface area (Å²) >= 11 is 0. The Bertz CT molecular complexity index is 596. The Morgan fingerprint density at radius 1 is 1.05 bits per heavy atom. The van der Waals surface area contributed by atoms with Crippen molar-refractivity contribution in [1.82, 2.24) is 0 Å². The molecule has 2 rings (SSSR count). The molecule has 2 nitrogen and oxygen atoms in total. The smallest absolute Gasteiger partial charge is 0.198 e. The van der Waals surface area contributed by atoms with E-state index in [1.807, 2.05) is 6.92 Å². The van der Waals surface area contributed by atoms with Crippen molar-refractivity contribution in [2.75, 3.05) is 7.11 Å². The van der Waals surface area contributed by atoms with Crippen molar-refractivity contribution in [3.63, 3.8) is 0 Å². The SMILES string of the molecule is COc1cc(F)c(C(=O)c2ccc(C)cc2)c(F)c1. The maximum absolute atomic E-state index is 13.8. The molecular weight excluding hydrogens is 250 g/mol. The van der Waals surface area contributed by atoms with Crippen LogP contribution in [0.4, 0.5) is 8.78 Å². The van der Waals surface area contributed by atoms with Crippen LogP contribution < -0.4 is 4.74 Å². The Kier molecular flexibility index (Phi) is 3.60. The zero-order valence-electron chi connectivity index (χ0n) is 10.5. The van der Waals surface area contributed by atoms with Crippen LogP contribution in [0.3, 0.4) is 0 Å². The highest BCUT2D eigenvalue weighted by atomic mass is 19.1. The molecule has 0 atom stereocenters. The second-order valence-electron chi connectivity index (χ2n) is 4.16. The predicted octanol–water partition coefficient (Wildman–Crippen LogP) is 3.51. The van der Waals surface area contributed by atoms with E-state index in [4.69, 9.17) is 4.74 Å². The summed E-state index contributed by atoms with van der Waals surface area (Å²) in [5.41, 5.74) is 0.644. The zero-order chi connectivity index (χ0) is 14.0. The number of ketones is 1. The van der Waals surface area contributed by atoms with Gasteiger partial charge in [-0.15, -0.1) is 0 Å². The summed E-state index contributed by atoms with van der Waals surface area (Å²) in [6, 6.07) is 8.50. The van der Waals surface area contributed by atoms with Crippen LogP contribution in [0.15, 0.2) is 36.4 Å². The fraction of sp³-hybridized carbons (Fsp3) is 0.133. The minimum absolute atomic E-state index is 0.0375. The highest BCUT2D eigenvalue weighted by Crippen LogP contribution is 2.23. The number of hydrogen-bond donors (Lipinski definition) is 0. The predicted molar refractivity (Wildman–Crippen MR) is 67.5 cm³/mol. The highest BCUT2D eigenvalue weighted by Gasteiger charge is 2.20. The van der Waals surface area contributed by atoms with E-state index in [1.165, 1.54) is 7.11 Å². The standard InChI is InChI=1S/C15H12F2O2/c1-9-3-5-10(6-4-9)15(18)14-12(16)7-11(19-2)8-13(14)17/h3-8H,1-2H3. The minimum atomic E-state index is -0.928. The van der Waals surface area contributed by atoms with Crippen molar-refractivity contribution in [2.45, 2.75) is 6.92 Å². The quantitative estimate of drug-likeness (QED) is 0.791. The van der Waals surface area contributed by atoms with E-state index in [-0.39, 0.29) is 11.3 Å². The summed E-state index contributed by atoms with van der Waals surface area (Å²) in [6.45, 7) is 1.86. The fourth-order valence-electron chi connectivity index (χ4n) is 1.73. The summed E-state index contributed by atoms with van der Waals surface area (Å²) in [6.07, 6.45) is 0. The lowest BCUT2D eigenvalue weighted by Crippen LogP contribution is -2.08. The lowest BCUT2D eigenvalue weighted by Gasteiger charge is -2.07. The maximum Gasteiger partial charge on any atom is 0.198 e. The average molecular weight is 262 g/mol. The first kappa shape index (κ1) is 13.2. The molecule has 0 bridgehead atoms. The molecule has 0 heterocycles. The van der Waals surface area contributed by atoms with Crippen molar-refractivity contribution >= 4 is 5.78 Å². The summed E-state index contributed by atoms with van der Waals surface area (Å²) in [5, 5.41) is 0. The number of carbonyl (C=O) groups is 1. The lowest BCUT2D eigenvalue weighted by atomic mass is 10.0. The molecule has 2 aromatic rings. The number of halogens is 2. The molecule has 0 aliphatic carbocycles. The molecule has 0 aliphatic rings. The van der Waals surface area contributed by atoms with Gasteiger partial charge >= 0.3 is 0 Å². The first-order valence-corrected chi connectivity index (χ1v) is 5.67. The third-order valence-corrected chi connectivity index (χ3v) is 2.79. The highest BCUT2D eigenvalue weighted by molar-refractivity contribution is 6.09. The van der Waals surface area contributed by atoms with E-state index in [2.05, 4.69) is 0 Å². The van der Waals surface area contributed by atoms with E-state index in [9.17, 15) is 13.6 Å². The molecule has 0 aliphatic heterocycles. The van der Waals surface area contributed by atoms with Crippen molar-refractivity contribution in [2.24, 2.45) is 0 Å². The topological polar surface area (TPSA) is 26.3 Å². The Morgan fingerprint density at radius 2 is 1.58 bits per heavy atom. The van der Waals surface area contributed by atoms with Crippen molar-refractivity contribution < 1.29 is 18.3 Å². The molecule has 4 heteroatoms. The van der Waals surface area contributed by atoms with Crippen LogP contribution in [0.1, 0.15) is 21.5 Å². The van der Waals surface area contributed by atoms with Gasteiger partial charge in [-0.05, 0) is 6.92 Å². The summed E-state index contributed by atoms with van der Waals surface area (Å²) < 4.78 is 32.3. The first-order valence-electron chi connectivity index (χ1n) is 5.67. The van der Waals surface area contributed by atoms with Crippen molar-refractivity contribution in [3.05, 3.63) is 64.7 Å². The number of rotatable bonds is 3. The fourth-order valence-corrected chi connectivity index (χ4v) is 1.73. The third-order valence-electron chi connectivity index (χ3n) is 2.79. The van der Waals surface area contributed by atoms with Crippen LogP contribution in [0.2, 0.25) is 0 Å². The van der Waals surface area contributed by atoms with E-state index >= 15 is 0 Å². The van der Waals surface area contributed by atoms with E-state index in [0.717, 1.165) is 17.7 Å². The summed E-state index contributed by atoms with van der Waals surface area (Å²) in [7, 11) is 1.30. The van der Waals surface area contributed by atoms with Crippen molar-refractivity contribution in [3.8, 4) is 5.75 Å². The van der Waals surface area contributed by atoms with Crippen LogP contribution in [0.25, 0.3) is 0 Å². The van der Waals surface area contributed by atoms with Gasteiger partial charge in [-0.3, -0.25) is 4.79 Å². The molecule has 0 radical (unpaired) electrons. The Hall–Kier alpha value is -2.23. The van der Waals surface area contributed by atoms with Crippen molar-refractivity contribution in [1.29, 1.82) is 0 Å². The molecule has 2 aromatic carbocycles. The van der Waals surface area contributed by atoms with Gasteiger partial charge in [-0.1, -0.05) is 29.8 Å². The van der Waals surface area contributed by atoms with Gasteiger partial charge < -0.3 is 4.74 Å². The van der Waals surface area contributed by atoms with Crippen LogP contribution in [0.5, 0.6) is 5.75 Å². The molecule has 19 heavy (non-hydrogen) atoms. The minimum Gasteiger partial charge on any atom is -0.497 e. The molecule has 0 aromatic heterocycles. The van der Waals surface area contributed by atoms with E-state index in [0.29, 0.717) is 0 Å². The van der Waals surface area contributed by atoms with E-state index < -0.39 is 23.0 Å². The molecule has 0 amide bonds. The van der Waals surface area contributed by atoms with Gasteiger partial charge in [0.1, 0.15) is 17.4 Å². The number of methoxy groups -OCH3 is 1. The van der Waals surface area contributed by atoms with Crippen LogP contribution >= 0.6 is 0 Å². The number of carbonyl (C=O) groups excluding carboxylic acids is 1. The van der Waals surface area contributed by atoms with E-state index in [1.54, 1.807) is 24.3 Å². The lowest BCUT2D eigenvalue weighted by molar-refractivity contribution is 0.103. The summed E-state index contributed by atoms with van der Waals surface area (Å²) in [4.78, 5) is 12.1. The van der Waals surface area contributed by atoms with Gasteiger partial charge in [0.05, 0.1) is 12.7 Å².